The van der Waals surface area contributed by atoms with Gasteiger partial charge in [0.2, 0.25) is 5.91 Å². The molecule has 2 rings (SSSR count). The molecule has 14 heavy (non-hydrogen) atoms. The quantitative estimate of drug-likeness (QED) is 0.673. The van der Waals surface area contributed by atoms with Crippen LogP contribution in [0.4, 0.5) is 0 Å². The van der Waals surface area contributed by atoms with Crippen LogP contribution in [0.2, 0.25) is 0 Å². The van der Waals surface area contributed by atoms with Crippen molar-refractivity contribution in [2.75, 3.05) is 19.7 Å². The van der Waals surface area contributed by atoms with Gasteiger partial charge in [0.25, 0.3) is 0 Å². The molecular formula is C11H19NO2. The van der Waals surface area contributed by atoms with Crippen molar-refractivity contribution in [3.05, 3.63) is 0 Å². The van der Waals surface area contributed by atoms with Gasteiger partial charge in [0.05, 0.1) is 0 Å². The summed E-state index contributed by atoms with van der Waals surface area (Å²) in [6.45, 7) is 6.02. The fourth-order valence-electron chi connectivity index (χ4n) is 3.16. The van der Waals surface area contributed by atoms with Crippen LogP contribution in [0, 0.1) is 23.7 Å². The Morgan fingerprint density at radius 1 is 1.43 bits per heavy atom. The molecule has 1 N–H and O–H groups in total. The molecule has 0 aromatic carbocycles. The first-order valence-electron chi connectivity index (χ1n) is 5.52. The lowest BCUT2D eigenvalue weighted by Gasteiger charge is -2.20. The minimum atomic E-state index is -0.330. The number of aliphatic hydroxyl groups excluding tert-OH is 1. The topological polar surface area (TPSA) is 40.5 Å². The fourth-order valence-corrected chi connectivity index (χ4v) is 3.16. The van der Waals surface area contributed by atoms with Gasteiger partial charge in [-0.2, -0.15) is 0 Å². The molecule has 1 amide bonds. The summed E-state index contributed by atoms with van der Waals surface area (Å²) >= 11 is 0. The third-order valence-electron chi connectivity index (χ3n) is 4.23. The smallest absolute Gasteiger partial charge is 0.248 e. The largest absolute Gasteiger partial charge is 0.387 e. The van der Waals surface area contributed by atoms with E-state index in [1.165, 1.54) is 6.42 Å². The van der Waals surface area contributed by atoms with Gasteiger partial charge in [-0.15, -0.1) is 0 Å². The van der Waals surface area contributed by atoms with Crippen LogP contribution in [0.25, 0.3) is 0 Å². The summed E-state index contributed by atoms with van der Waals surface area (Å²) in [6.07, 6.45) is 1.25. The number of carbonyl (C=O) groups is 1. The molecule has 0 bridgehead atoms. The number of nitrogens with zero attached hydrogens (tertiary/aromatic N) is 1. The number of aliphatic hydroxyl groups is 1. The maximum atomic E-state index is 11.3. The normalized spacial score (nSPS) is 41.5. The van der Waals surface area contributed by atoms with Crippen LogP contribution in [0.3, 0.4) is 0 Å². The predicted molar refractivity (Wildman–Crippen MR) is 53.6 cm³/mol. The first kappa shape index (κ1) is 9.97. The van der Waals surface area contributed by atoms with Crippen molar-refractivity contribution in [2.45, 2.75) is 20.3 Å². The Kier molecular flexibility index (Phi) is 2.52. The van der Waals surface area contributed by atoms with Crippen molar-refractivity contribution in [1.82, 2.24) is 4.90 Å². The van der Waals surface area contributed by atoms with Crippen molar-refractivity contribution in [3.63, 3.8) is 0 Å². The summed E-state index contributed by atoms with van der Waals surface area (Å²) in [5.74, 6) is 2.81. The van der Waals surface area contributed by atoms with Crippen molar-refractivity contribution >= 4 is 5.91 Å². The third kappa shape index (κ3) is 1.44. The highest BCUT2D eigenvalue weighted by atomic mass is 16.3. The second-order valence-corrected chi connectivity index (χ2v) is 4.95. The van der Waals surface area contributed by atoms with E-state index < -0.39 is 0 Å². The molecule has 1 heterocycles. The SMILES string of the molecule is C[C@@H]1[C@H]2CN(C(=O)CO)C[C@H]2C[C@H]1C. The summed E-state index contributed by atoms with van der Waals surface area (Å²) in [7, 11) is 0. The number of carbonyl (C=O) groups excluding carboxylic acids is 1. The van der Waals surface area contributed by atoms with Crippen molar-refractivity contribution in [3.8, 4) is 0 Å². The maximum absolute atomic E-state index is 11.3. The average molecular weight is 197 g/mol. The van der Waals surface area contributed by atoms with E-state index in [0.717, 1.165) is 24.9 Å². The van der Waals surface area contributed by atoms with Crippen molar-refractivity contribution < 1.29 is 9.90 Å². The molecule has 0 aromatic heterocycles. The minimum absolute atomic E-state index is 0.0979. The summed E-state index contributed by atoms with van der Waals surface area (Å²) in [5.41, 5.74) is 0. The van der Waals surface area contributed by atoms with Gasteiger partial charge in [-0.3, -0.25) is 4.79 Å². The molecule has 0 spiro atoms. The Labute approximate surface area is 85.1 Å². The maximum Gasteiger partial charge on any atom is 0.248 e. The van der Waals surface area contributed by atoms with Crippen molar-refractivity contribution in [2.24, 2.45) is 23.7 Å². The van der Waals surface area contributed by atoms with Crippen LogP contribution in [0.15, 0.2) is 0 Å². The first-order valence-corrected chi connectivity index (χ1v) is 5.52. The van der Waals surface area contributed by atoms with Gasteiger partial charge in [0.15, 0.2) is 0 Å². The number of amides is 1. The molecule has 3 heteroatoms. The molecule has 2 aliphatic rings. The number of rotatable bonds is 1. The first-order chi connectivity index (χ1) is 6.63. The Morgan fingerprint density at radius 2 is 2.14 bits per heavy atom. The predicted octanol–water partition coefficient (Wildman–Crippen LogP) is 0.729. The van der Waals surface area contributed by atoms with Gasteiger partial charge >= 0.3 is 0 Å². The van der Waals surface area contributed by atoms with Gasteiger partial charge < -0.3 is 10.0 Å². The molecule has 0 aromatic rings. The Hall–Kier alpha value is -0.570. The van der Waals surface area contributed by atoms with E-state index in [9.17, 15) is 4.79 Å². The fraction of sp³-hybridized carbons (Fsp3) is 0.909. The highest BCUT2D eigenvalue weighted by Gasteiger charge is 2.44. The highest BCUT2D eigenvalue weighted by molar-refractivity contribution is 5.77. The second-order valence-electron chi connectivity index (χ2n) is 4.95. The standard InChI is InChI=1S/C11H19NO2/c1-7-3-9-4-12(11(14)6-13)5-10(9)8(7)2/h7-10,13H,3-6H2,1-2H3/t7-,8+,9-,10-/m1/s1. The minimum Gasteiger partial charge on any atom is -0.387 e. The zero-order valence-corrected chi connectivity index (χ0v) is 8.94. The molecule has 0 unspecified atom stereocenters. The van der Waals surface area contributed by atoms with E-state index in [1.807, 2.05) is 4.90 Å². The van der Waals surface area contributed by atoms with Crippen LogP contribution in [0.5, 0.6) is 0 Å². The number of hydrogen-bond donors (Lipinski definition) is 1. The second kappa shape index (κ2) is 3.54. The van der Waals surface area contributed by atoms with E-state index in [-0.39, 0.29) is 12.5 Å². The Bertz CT molecular complexity index is 241. The molecule has 80 valence electrons. The summed E-state index contributed by atoms with van der Waals surface area (Å²) in [5, 5.41) is 8.79. The van der Waals surface area contributed by atoms with Gasteiger partial charge in [0.1, 0.15) is 6.61 Å². The monoisotopic (exact) mass is 197 g/mol. The zero-order chi connectivity index (χ0) is 10.3. The highest BCUT2D eigenvalue weighted by Crippen LogP contribution is 2.45. The van der Waals surface area contributed by atoms with Gasteiger partial charge in [-0.1, -0.05) is 13.8 Å². The molecule has 0 radical (unpaired) electrons. The van der Waals surface area contributed by atoms with Crippen LogP contribution in [0.1, 0.15) is 20.3 Å². The lowest BCUT2D eigenvalue weighted by molar-refractivity contribution is -0.133. The average Bonchev–Trinajstić information content (AvgIpc) is 2.68. The van der Waals surface area contributed by atoms with E-state index >= 15 is 0 Å². The van der Waals surface area contributed by atoms with E-state index in [0.29, 0.717) is 11.8 Å². The molecule has 1 saturated heterocycles. The molecule has 2 fully saturated rings. The lowest BCUT2D eigenvalue weighted by Crippen LogP contribution is -2.32. The third-order valence-corrected chi connectivity index (χ3v) is 4.23. The number of likely N-dealkylation sites (tertiary alicyclic amines) is 1. The summed E-state index contributed by atoms with van der Waals surface area (Å²) < 4.78 is 0. The number of fused-ring (bicyclic) bond motifs is 1. The molecule has 1 aliphatic heterocycles. The molecule has 1 saturated carbocycles. The van der Waals surface area contributed by atoms with E-state index in [1.54, 1.807) is 0 Å². The van der Waals surface area contributed by atoms with Gasteiger partial charge in [-0.05, 0) is 30.1 Å². The molecule has 3 nitrogen and oxygen atoms in total. The van der Waals surface area contributed by atoms with E-state index in [4.69, 9.17) is 5.11 Å². The van der Waals surface area contributed by atoms with Crippen LogP contribution < -0.4 is 0 Å². The van der Waals surface area contributed by atoms with Gasteiger partial charge in [0, 0.05) is 13.1 Å². The van der Waals surface area contributed by atoms with E-state index in [2.05, 4.69) is 13.8 Å². The molecule has 1 aliphatic carbocycles. The number of hydrogen-bond acceptors (Lipinski definition) is 2. The Balaban J connectivity index is 2.00. The Morgan fingerprint density at radius 3 is 2.71 bits per heavy atom. The lowest BCUT2D eigenvalue weighted by atomic mass is 9.91. The van der Waals surface area contributed by atoms with Crippen LogP contribution in [-0.4, -0.2) is 35.6 Å². The molecule has 4 atom stereocenters. The summed E-state index contributed by atoms with van der Waals surface area (Å²) in [4.78, 5) is 13.1. The van der Waals surface area contributed by atoms with Crippen LogP contribution in [-0.2, 0) is 4.79 Å². The molecular weight excluding hydrogens is 178 g/mol. The zero-order valence-electron chi connectivity index (χ0n) is 8.94. The van der Waals surface area contributed by atoms with Gasteiger partial charge in [-0.25, -0.2) is 0 Å². The summed E-state index contributed by atoms with van der Waals surface area (Å²) in [6, 6.07) is 0. The van der Waals surface area contributed by atoms with Crippen LogP contribution >= 0.6 is 0 Å². The van der Waals surface area contributed by atoms with Crippen molar-refractivity contribution in [1.29, 1.82) is 0 Å².